The third-order valence-electron chi connectivity index (χ3n) is 0. The Balaban J connectivity index is -0.00000000500. The third-order valence-corrected chi connectivity index (χ3v) is 0. The van der Waals surface area contributed by atoms with Crippen LogP contribution in [0.3, 0.4) is 0 Å². The van der Waals surface area contributed by atoms with E-state index in [0.29, 0.717) is 0 Å². The summed E-state index contributed by atoms with van der Waals surface area (Å²) in [7, 11) is 0. The number of hydrogen-bond donors (Lipinski definition) is 0. The van der Waals surface area contributed by atoms with E-state index >= 15 is 0 Å². The summed E-state index contributed by atoms with van der Waals surface area (Å²) in [6.45, 7) is 0. The maximum Gasteiger partial charge on any atom is 0 e. The van der Waals surface area contributed by atoms with Gasteiger partial charge in [-0.25, -0.2) is 0 Å². The van der Waals surface area contributed by atoms with E-state index in [1.165, 1.54) is 0 Å². The van der Waals surface area contributed by atoms with Gasteiger partial charge in [0.2, 0.25) is 0 Å². The van der Waals surface area contributed by atoms with Crippen LogP contribution in [0.4, 0.5) is 0 Å². The average Bonchev–Trinajstić information content (AvgIpc) is 1.00. The quantitative estimate of drug-likeness (QED) is 0.431. The first-order valence-electron chi connectivity index (χ1n) is 0.183. The van der Waals surface area contributed by atoms with Crippen LogP contribution >= 0.6 is 0 Å². The van der Waals surface area contributed by atoms with Crippen LogP contribution in [0, 0.1) is 0 Å². The molecule has 3 radical (unpaired) electrons. The summed E-state index contributed by atoms with van der Waals surface area (Å²) in [6, 6.07) is 0. The van der Waals surface area contributed by atoms with Crippen LogP contribution in [-0.2, 0) is 50.1 Å². The summed E-state index contributed by atoms with van der Waals surface area (Å²) in [5.74, 6) is 0. The Bertz CT molecular complexity index is 8.00. The second-order valence-corrected chi connectivity index (χ2v) is 0. The van der Waals surface area contributed by atoms with Gasteiger partial charge in [-0.15, -0.1) is 0 Å². The maximum atomic E-state index is 8.36. The molecule has 0 aliphatic carbocycles. The van der Waals surface area contributed by atoms with Gasteiger partial charge in [-0.05, 0) is 0 Å². The molecule has 4 heavy (non-hydrogen) atoms. The molecular formula is H2OPbScTa. The van der Waals surface area contributed by atoms with E-state index in [-0.39, 0.29) is 74.2 Å². The smallest absolute Gasteiger partial charge is 0 e. The van der Waals surface area contributed by atoms with E-state index < -0.39 is 0 Å². The van der Waals surface area contributed by atoms with Crippen molar-refractivity contribution in [1.29, 1.82) is 0 Å². The minimum Gasteiger partial charge on any atom is 0 e. The van der Waals surface area contributed by atoms with Crippen LogP contribution < -0.4 is 0 Å². The predicted molar refractivity (Wildman–Crippen MR) is 9.23 cm³/mol. The van der Waals surface area contributed by atoms with Gasteiger partial charge in [-0.2, -0.15) is 0 Å². The molecule has 4 heteroatoms. The van der Waals surface area contributed by atoms with Gasteiger partial charge in [-0.3, -0.25) is 0 Å². The Morgan fingerprint density at radius 1 is 1.25 bits per heavy atom. The van der Waals surface area contributed by atoms with Crippen LogP contribution in [0.15, 0.2) is 0 Å². The average molecular weight is 451 g/mol. The second kappa shape index (κ2) is 18.4. The van der Waals surface area contributed by atoms with Crippen molar-refractivity contribution in [3.8, 4) is 0 Å². The molecule has 0 fully saturated rings. The zero-order valence-electron chi connectivity index (χ0n) is 2.14. The van der Waals surface area contributed by atoms with E-state index in [2.05, 4.69) is 0 Å². The first-order valence-corrected chi connectivity index (χ1v) is 1.49. The molecule has 0 N–H and O–H groups in total. The molecule has 0 spiro atoms. The molecule has 0 unspecified atom stereocenters. The fraction of sp³-hybridized carbons (Fsp3) is 0. The molecule has 0 heterocycles. The molecule has 0 aromatic carbocycles. The Kier molecular flexibility index (Phi) is 74.6. The fourth-order valence-corrected chi connectivity index (χ4v) is 0. The normalized spacial score (nSPS) is 0.750. The molecule has 0 aliphatic rings. The minimum atomic E-state index is 0. The summed E-state index contributed by atoms with van der Waals surface area (Å²) in [5.41, 5.74) is 0. The van der Waals surface area contributed by atoms with Crippen LogP contribution in [0.5, 0.6) is 0 Å². The van der Waals surface area contributed by atoms with Gasteiger partial charge in [0.25, 0.3) is 0 Å². The van der Waals surface area contributed by atoms with E-state index in [0.717, 1.165) is 0 Å². The van der Waals surface area contributed by atoms with E-state index in [1.54, 1.807) is 0 Å². The van der Waals surface area contributed by atoms with Crippen molar-refractivity contribution in [3.63, 3.8) is 0 Å². The zero-order valence-corrected chi connectivity index (χ0v) is 12.7. The summed E-state index contributed by atoms with van der Waals surface area (Å²) in [5, 5.41) is 0. The van der Waals surface area contributed by atoms with Gasteiger partial charge in [0.1, 0.15) is 0 Å². The molecule has 0 aromatic rings. The van der Waals surface area contributed by atoms with E-state index in [9.17, 15) is 0 Å². The molecule has 0 saturated heterocycles. The van der Waals surface area contributed by atoms with Crippen molar-refractivity contribution in [2.45, 2.75) is 0 Å². The van der Waals surface area contributed by atoms with Gasteiger partial charge in [0.15, 0.2) is 0 Å². The predicted octanol–water partition coefficient (Wildman–Crippen LogP) is -1.04. The second-order valence-electron chi connectivity index (χ2n) is 0. The monoisotopic (exact) mass is 452 g/mol. The molecule has 0 aliphatic heterocycles. The fourth-order valence-electron chi connectivity index (χ4n) is 0. The Labute approximate surface area is 76.1 Å². The van der Waals surface area contributed by atoms with Crippen LogP contribution in [-0.4, -0.2) is 27.3 Å². The zero-order chi connectivity index (χ0) is 2.00. The van der Waals surface area contributed by atoms with Crippen molar-refractivity contribution in [1.82, 2.24) is 0 Å². The SMILES string of the molecule is [O]=[Ta].[PbH2].[Sc]. The summed E-state index contributed by atoms with van der Waals surface area (Å²) >= 11 is 0.194. The summed E-state index contributed by atoms with van der Waals surface area (Å²) in [6.07, 6.45) is 0. The first kappa shape index (κ1) is 16.2. The topological polar surface area (TPSA) is 17.1 Å². The van der Waals surface area contributed by atoms with Gasteiger partial charge < -0.3 is 0 Å². The van der Waals surface area contributed by atoms with Gasteiger partial charge in [-0.1, -0.05) is 0 Å². The van der Waals surface area contributed by atoms with Crippen LogP contribution in [0.25, 0.3) is 0 Å². The molecule has 0 amide bonds. The Morgan fingerprint density at radius 2 is 1.25 bits per heavy atom. The third kappa shape index (κ3) is 8.84. The summed E-state index contributed by atoms with van der Waals surface area (Å²) in [4.78, 5) is 0. The molecule has 20 valence electrons. The molecule has 0 aromatic heterocycles. The van der Waals surface area contributed by atoms with Gasteiger partial charge in [0.05, 0.1) is 0 Å². The molecule has 0 bridgehead atoms. The molecule has 0 atom stereocenters. The van der Waals surface area contributed by atoms with E-state index in [1.807, 2.05) is 0 Å². The van der Waals surface area contributed by atoms with Crippen molar-refractivity contribution >= 4 is 27.3 Å². The minimum absolute atomic E-state index is 0. The van der Waals surface area contributed by atoms with Crippen molar-refractivity contribution in [3.05, 3.63) is 0 Å². The summed E-state index contributed by atoms with van der Waals surface area (Å²) < 4.78 is 8.36. The molecule has 0 rings (SSSR count). The van der Waals surface area contributed by atoms with E-state index in [4.69, 9.17) is 3.25 Å². The Hall–Kier alpha value is 2.33. The van der Waals surface area contributed by atoms with Crippen LogP contribution in [0.1, 0.15) is 0 Å². The maximum absolute atomic E-state index is 8.36. The van der Waals surface area contributed by atoms with Crippen molar-refractivity contribution in [2.75, 3.05) is 0 Å². The molecule has 0 saturated carbocycles. The molecular weight excluding hydrogens is 449 g/mol. The molecule has 1 nitrogen and oxygen atoms in total. The number of hydrogen-bond acceptors (Lipinski definition) is 1. The van der Waals surface area contributed by atoms with Crippen molar-refractivity contribution < 1.29 is 50.1 Å². The first-order chi connectivity index (χ1) is 1.00. The standard InChI is InChI=1S/O.Pb.Sc.Ta.2H. The largest absolute Gasteiger partial charge is 0 e. The number of rotatable bonds is 0. The van der Waals surface area contributed by atoms with Gasteiger partial charge in [0, 0.05) is 25.8 Å². The Morgan fingerprint density at radius 3 is 1.25 bits per heavy atom. The van der Waals surface area contributed by atoms with Crippen LogP contribution in [0.2, 0.25) is 0 Å². The van der Waals surface area contributed by atoms with Gasteiger partial charge >= 0.3 is 51.6 Å². The van der Waals surface area contributed by atoms with Crippen molar-refractivity contribution in [2.24, 2.45) is 0 Å².